The van der Waals surface area contributed by atoms with Crippen LogP contribution in [0.2, 0.25) is 0 Å². The molecule has 2 heterocycles. The molecular formula is C12H16ClN3O2. The Balaban J connectivity index is 0.00000120. The Morgan fingerprint density at radius 2 is 2.00 bits per heavy atom. The maximum Gasteiger partial charge on any atom is 0.189 e. The van der Waals surface area contributed by atoms with E-state index in [1.54, 1.807) is 0 Å². The number of benzene rings is 1. The molecule has 3 rings (SSSR count). The van der Waals surface area contributed by atoms with Crippen LogP contribution in [0.5, 0.6) is 11.5 Å². The Hall–Kier alpha value is -1.62. The second-order valence-electron chi connectivity index (χ2n) is 4.16. The van der Waals surface area contributed by atoms with Crippen molar-refractivity contribution in [3.05, 3.63) is 23.8 Å². The number of halogens is 1. The minimum atomic E-state index is 0. The molecule has 3 N–H and O–H groups in total. The van der Waals surface area contributed by atoms with Crippen LogP contribution in [0, 0.1) is 0 Å². The number of ether oxygens (including phenoxy) is 2. The molecule has 0 bridgehead atoms. The first-order valence-corrected chi connectivity index (χ1v) is 5.79. The van der Waals surface area contributed by atoms with Gasteiger partial charge in [-0.05, 0) is 24.1 Å². The summed E-state index contributed by atoms with van der Waals surface area (Å²) in [6.07, 6.45) is 0.945. The van der Waals surface area contributed by atoms with Gasteiger partial charge in [0.25, 0.3) is 0 Å². The standard InChI is InChI=1S/C12H15N3O2.ClH/c13-12-14-4-3-9(15-12)8-1-2-10-11(7-8)17-6-5-16-10;/h1-2,7,9H,3-6H2,(H3,13,14,15);1H. The largest absolute Gasteiger partial charge is 0.486 e. The summed E-state index contributed by atoms with van der Waals surface area (Å²) >= 11 is 0. The van der Waals surface area contributed by atoms with Crippen molar-refractivity contribution in [2.45, 2.75) is 12.5 Å². The molecule has 0 radical (unpaired) electrons. The van der Waals surface area contributed by atoms with E-state index in [2.05, 4.69) is 10.3 Å². The van der Waals surface area contributed by atoms with Gasteiger partial charge in [-0.1, -0.05) is 6.07 Å². The summed E-state index contributed by atoms with van der Waals surface area (Å²) in [6, 6.07) is 6.23. The molecule has 0 spiro atoms. The first-order valence-electron chi connectivity index (χ1n) is 5.79. The van der Waals surface area contributed by atoms with Gasteiger partial charge in [0, 0.05) is 6.54 Å². The molecule has 0 aromatic heterocycles. The highest BCUT2D eigenvalue weighted by Gasteiger charge is 2.19. The Morgan fingerprint density at radius 3 is 2.78 bits per heavy atom. The highest BCUT2D eigenvalue weighted by molar-refractivity contribution is 5.85. The number of rotatable bonds is 1. The summed E-state index contributed by atoms with van der Waals surface area (Å²) in [7, 11) is 0. The van der Waals surface area contributed by atoms with Crippen LogP contribution in [-0.2, 0) is 0 Å². The molecule has 2 aliphatic heterocycles. The molecule has 2 aliphatic rings. The molecule has 5 nitrogen and oxygen atoms in total. The third-order valence-corrected chi connectivity index (χ3v) is 2.99. The summed E-state index contributed by atoms with van der Waals surface area (Å²) in [6.45, 7) is 1.99. The van der Waals surface area contributed by atoms with Crippen molar-refractivity contribution in [2.75, 3.05) is 19.8 Å². The molecule has 0 amide bonds. The summed E-state index contributed by atoms with van der Waals surface area (Å²) < 4.78 is 11.1. The number of nitrogens with one attached hydrogen (secondary N) is 1. The Labute approximate surface area is 112 Å². The van der Waals surface area contributed by atoms with E-state index in [0.29, 0.717) is 19.2 Å². The molecule has 1 atom stereocenters. The number of hydrogen-bond donors (Lipinski definition) is 2. The lowest BCUT2D eigenvalue weighted by atomic mass is 10.0. The maximum atomic E-state index is 5.68. The summed E-state index contributed by atoms with van der Waals surface area (Å²) in [5.74, 6) is 2.14. The molecule has 0 saturated carbocycles. The van der Waals surface area contributed by atoms with Gasteiger partial charge in [-0.2, -0.15) is 0 Å². The van der Waals surface area contributed by atoms with Crippen LogP contribution in [0.1, 0.15) is 18.0 Å². The lowest BCUT2D eigenvalue weighted by Crippen LogP contribution is -2.38. The van der Waals surface area contributed by atoms with E-state index in [9.17, 15) is 0 Å². The van der Waals surface area contributed by atoms with E-state index >= 15 is 0 Å². The van der Waals surface area contributed by atoms with Crippen molar-refractivity contribution >= 4 is 18.4 Å². The number of guanidine groups is 1. The molecule has 1 aromatic carbocycles. The molecule has 98 valence electrons. The summed E-state index contributed by atoms with van der Waals surface area (Å²) in [4.78, 5) is 4.12. The lowest BCUT2D eigenvalue weighted by molar-refractivity contribution is 0.171. The topological polar surface area (TPSA) is 68.9 Å². The summed E-state index contributed by atoms with van der Waals surface area (Å²) in [5, 5.41) is 3.17. The highest BCUT2D eigenvalue weighted by Crippen LogP contribution is 2.33. The van der Waals surface area contributed by atoms with Gasteiger partial charge in [0.1, 0.15) is 13.2 Å². The number of nitrogens with two attached hydrogens (primary N) is 1. The average Bonchev–Trinajstić information content (AvgIpc) is 2.38. The first-order chi connectivity index (χ1) is 8.33. The monoisotopic (exact) mass is 269 g/mol. The minimum Gasteiger partial charge on any atom is -0.486 e. The van der Waals surface area contributed by atoms with Crippen LogP contribution < -0.4 is 20.5 Å². The first kappa shape index (κ1) is 12.8. The van der Waals surface area contributed by atoms with Gasteiger partial charge in [-0.25, -0.2) is 0 Å². The fourth-order valence-corrected chi connectivity index (χ4v) is 2.14. The molecule has 18 heavy (non-hydrogen) atoms. The van der Waals surface area contributed by atoms with E-state index < -0.39 is 0 Å². The summed E-state index contributed by atoms with van der Waals surface area (Å²) in [5.41, 5.74) is 6.84. The van der Waals surface area contributed by atoms with Crippen LogP contribution in [0.4, 0.5) is 0 Å². The van der Waals surface area contributed by atoms with Crippen molar-refractivity contribution in [2.24, 2.45) is 10.7 Å². The quantitative estimate of drug-likeness (QED) is 0.805. The zero-order chi connectivity index (χ0) is 11.7. The van der Waals surface area contributed by atoms with Crippen LogP contribution in [0.25, 0.3) is 0 Å². The van der Waals surface area contributed by atoms with Crippen molar-refractivity contribution in [3.63, 3.8) is 0 Å². The molecule has 0 aliphatic carbocycles. The molecular weight excluding hydrogens is 254 g/mol. The van der Waals surface area contributed by atoms with Gasteiger partial charge >= 0.3 is 0 Å². The van der Waals surface area contributed by atoms with Gasteiger partial charge in [-0.15, -0.1) is 12.4 Å². The number of fused-ring (bicyclic) bond motifs is 1. The van der Waals surface area contributed by atoms with Gasteiger partial charge in [0.15, 0.2) is 17.5 Å². The minimum absolute atomic E-state index is 0. The third-order valence-electron chi connectivity index (χ3n) is 2.99. The molecule has 6 heteroatoms. The van der Waals surface area contributed by atoms with E-state index in [4.69, 9.17) is 15.2 Å². The van der Waals surface area contributed by atoms with Gasteiger partial charge in [0.05, 0.1) is 6.04 Å². The third kappa shape index (κ3) is 2.46. The fraction of sp³-hybridized carbons (Fsp3) is 0.417. The molecule has 0 saturated heterocycles. The predicted molar refractivity (Wildman–Crippen MR) is 71.7 cm³/mol. The van der Waals surface area contributed by atoms with Crippen molar-refractivity contribution in [1.29, 1.82) is 0 Å². The Kier molecular flexibility index (Phi) is 3.81. The average molecular weight is 270 g/mol. The number of aliphatic imine (C=N–C) groups is 1. The smallest absolute Gasteiger partial charge is 0.189 e. The Bertz CT molecular complexity index is 465. The molecule has 1 unspecified atom stereocenters. The van der Waals surface area contributed by atoms with Gasteiger partial charge in [0.2, 0.25) is 0 Å². The van der Waals surface area contributed by atoms with Gasteiger partial charge < -0.3 is 20.5 Å². The van der Waals surface area contributed by atoms with E-state index in [0.717, 1.165) is 30.0 Å². The second kappa shape index (κ2) is 5.35. The maximum absolute atomic E-state index is 5.68. The van der Waals surface area contributed by atoms with E-state index in [-0.39, 0.29) is 18.4 Å². The van der Waals surface area contributed by atoms with Crippen molar-refractivity contribution in [3.8, 4) is 11.5 Å². The van der Waals surface area contributed by atoms with Crippen LogP contribution >= 0.6 is 12.4 Å². The van der Waals surface area contributed by atoms with Crippen molar-refractivity contribution < 1.29 is 9.47 Å². The zero-order valence-electron chi connectivity index (χ0n) is 9.89. The number of hydrogen-bond acceptors (Lipinski definition) is 5. The highest BCUT2D eigenvalue weighted by atomic mass is 35.5. The van der Waals surface area contributed by atoms with E-state index in [1.807, 2.05) is 18.2 Å². The predicted octanol–water partition coefficient (Wildman–Crippen LogP) is 1.23. The molecule has 1 aromatic rings. The van der Waals surface area contributed by atoms with Crippen molar-refractivity contribution in [1.82, 2.24) is 5.32 Å². The lowest BCUT2D eigenvalue weighted by Gasteiger charge is -2.25. The zero-order valence-corrected chi connectivity index (χ0v) is 10.7. The second-order valence-corrected chi connectivity index (χ2v) is 4.16. The Morgan fingerprint density at radius 1 is 1.22 bits per heavy atom. The van der Waals surface area contributed by atoms with E-state index in [1.165, 1.54) is 0 Å². The fourth-order valence-electron chi connectivity index (χ4n) is 2.14. The van der Waals surface area contributed by atoms with Crippen LogP contribution in [0.3, 0.4) is 0 Å². The van der Waals surface area contributed by atoms with Crippen LogP contribution in [0.15, 0.2) is 23.2 Å². The molecule has 0 fully saturated rings. The van der Waals surface area contributed by atoms with Crippen LogP contribution in [-0.4, -0.2) is 25.7 Å². The normalized spacial score (nSPS) is 21.3. The number of nitrogens with zero attached hydrogens (tertiary/aromatic N) is 1. The van der Waals surface area contributed by atoms with Gasteiger partial charge in [-0.3, -0.25) is 4.99 Å². The SMILES string of the molecule is Cl.NC1=NCCC(c2ccc3c(c2)OCCO3)N1.